The minimum absolute atomic E-state index is 0.0651. The van der Waals surface area contributed by atoms with Crippen LogP contribution in [0.3, 0.4) is 0 Å². The highest BCUT2D eigenvalue weighted by Gasteiger charge is 2.31. The second-order valence-electron chi connectivity index (χ2n) is 4.02. The van der Waals surface area contributed by atoms with E-state index in [2.05, 4.69) is 0 Å². The van der Waals surface area contributed by atoms with Crippen LogP contribution in [-0.4, -0.2) is 47.3 Å². The lowest BCUT2D eigenvalue weighted by Gasteiger charge is -2.28. The molecule has 0 aliphatic heterocycles. The van der Waals surface area contributed by atoms with Gasteiger partial charge < -0.3 is 10.2 Å². The molecule has 2 N–H and O–H groups in total. The maximum absolute atomic E-state index is 10.9. The molecule has 15 heavy (non-hydrogen) atoms. The summed E-state index contributed by atoms with van der Waals surface area (Å²) < 4.78 is 0. The van der Waals surface area contributed by atoms with Crippen LogP contribution in [0.2, 0.25) is 0 Å². The molecule has 0 aromatic heterocycles. The Morgan fingerprint density at radius 3 is 2.33 bits per heavy atom. The first-order valence-corrected chi connectivity index (χ1v) is 5.10. The summed E-state index contributed by atoms with van der Waals surface area (Å²) in [6.07, 6.45) is 3.67. The van der Waals surface area contributed by atoms with E-state index in [1.807, 2.05) is 26.0 Å². The molecule has 4 heteroatoms. The minimum atomic E-state index is -0.986. The van der Waals surface area contributed by atoms with Gasteiger partial charge in [-0.15, -0.1) is 0 Å². The number of carboxylic acid groups (broad SMARTS) is 1. The van der Waals surface area contributed by atoms with Crippen molar-refractivity contribution in [2.75, 3.05) is 14.1 Å². The summed E-state index contributed by atoms with van der Waals surface area (Å²) in [6, 6.07) is -0.842. The van der Waals surface area contributed by atoms with E-state index in [1.165, 1.54) is 4.90 Å². The third-order valence-corrected chi connectivity index (χ3v) is 2.46. The van der Waals surface area contributed by atoms with Gasteiger partial charge in [-0.3, -0.25) is 9.69 Å². The first-order chi connectivity index (χ1) is 6.91. The van der Waals surface area contributed by atoms with E-state index >= 15 is 0 Å². The van der Waals surface area contributed by atoms with E-state index < -0.39 is 18.1 Å². The normalized spacial score (nSPS) is 18.0. The summed E-state index contributed by atoms with van der Waals surface area (Å²) in [5, 5.41) is 18.9. The van der Waals surface area contributed by atoms with Crippen molar-refractivity contribution in [3.8, 4) is 0 Å². The fourth-order valence-electron chi connectivity index (χ4n) is 1.47. The monoisotopic (exact) mass is 215 g/mol. The zero-order chi connectivity index (χ0) is 12.0. The molecule has 0 saturated heterocycles. The van der Waals surface area contributed by atoms with Gasteiger partial charge in [-0.2, -0.15) is 0 Å². The molecule has 0 radical (unpaired) electrons. The number of aliphatic carboxylic acids is 1. The SMILES string of the molecule is C/C=C/CC(C)C(O)C(C(=O)O)N(C)C. The Hall–Kier alpha value is -0.870. The van der Waals surface area contributed by atoms with Gasteiger partial charge in [0, 0.05) is 0 Å². The molecule has 4 nitrogen and oxygen atoms in total. The standard InChI is InChI=1S/C11H21NO3/c1-5-6-7-8(2)10(13)9(11(14)15)12(3)4/h5-6,8-10,13H,7H2,1-4H3,(H,14,15)/b6-5+. The highest BCUT2D eigenvalue weighted by atomic mass is 16.4. The van der Waals surface area contributed by atoms with Crippen molar-refractivity contribution in [1.82, 2.24) is 4.90 Å². The van der Waals surface area contributed by atoms with E-state index in [0.717, 1.165) is 0 Å². The van der Waals surface area contributed by atoms with Crippen molar-refractivity contribution in [2.24, 2.45) is 5.92 Å². The van der Waals surface area contributed by atoms with Gasteiger partial charge in [0.05, 0.1) is 6.10 Å². The Labute approximate surface area is 91.2 Å². The van der Waals surface area contributed by atoms with Crippen LogP contribution in [0.15, 0.2) is 12.2 Å². The van der Waals surface area contributed by atoms with Crippen molar-refractivity contribution in [1.29, 1.82) is 0 Å². The van der Waals surface area contributed by atoms with Crippen LogP contribution in [0.1, 0.15) is 20.3 Å². The van der Waals surface area contributed by atoms with Gasteiger partial charge in [0.15, 0.2) is 0 Å². The van der Waals surface area contributed by atoms with Gasteiger partial charge in [-0.1, -0.05) is 19.1 Å². The maximum Gasteiger partial charge on any atom is 0.323 e. The lowest BCUT2D eigenvalue weighted by molar-refractivity contribution is -0.147. The zero-order valence-corrected chi connectivity index (χ0v) is 9.84. The van der Waals surface area contributed by atoms with Crippen LogP contribution in [-0.2, 0) is 4.79 Å². The first-order valence-electron chi connectivity index (χ1n) is 5.10. The molecule has 0 aromatic rings. The lowest BCUT2D eigenvalue weighted by Crippen LogP contribution is -2.47. The summed E-state index contributed by atoms with van der Waals surface area (Å²) in [5.41, 5.74) is 0. The third kappa shape index (κ3) is 4.44. The van der Waals surface area contributed by atoms with Crippen molar-refractivity contribution in [3.05, 3.63) is 12.2 Å². The molecule has 0 saturated carbocycles. The highest BCUT2D eigenvalue weighted by molar-refractivity contribution is 5.74. The number of aliphatic hydroxyl groups excluding tert-OH is 1. The average Bonchev–Trinajstić information content (AvgIpc) is 2.12. The number of allylic oxidation sites excluding steroid dienone is 2. The van der Waals surface area contributed by atoms with Crippen molar-refractivity contribution in [3.63, 3.8) is 0 Å². The quantitative estimate of drug-likeness (QED) is 0.648. The van der Waals surface area contributed by atoms with Crippen LogP contribution in [0.25, 0.3) is 0 Å². The Balaban J connectivity index is 4.48. The maximum atomic E-state index is 10.9. The molecular weight excluding hydrogens is 194 g/mol. The van der Waals surface area contributed by atoms with Crippen molar-refractivity contribution < 1.29 is 15.0 Å². The number of carboxylic acids is 1. The second kappa shape index (κ2) is 6.58. The number of nitrogens with zero attached hydrogens (tertiary/aromatic N) is 1. The molecule has 0 heterocycles. The number of carbonyl (C=O) groups is 1. The molecule has 88 valence electrons. The summed E-state index contributed by atoms with van der Waals surface area (Å²) in [7, 11) is 3.31. The van der Waals surface area contributed by atoms with Crippen molar-refractivity contribution in [2.45, 2.75) is 32.4 Å². The molecule has 0 aliphatic rings. The number of hydrogen-bond acceptors (Lipinski definition) is 3. The van der Waals surface area contributed by atoms with E-state index in [9.17, 15) is 9.90 Å². The van der Waals surface area contributed by atoms with E-state index in [0.29, 0.717) is 6.42 Å². The zero-order valence-electron chi connectivity index (χ0n) is 9.84. The van der Waals surface area contributed by atoms with Crippen LogP contribution in [0, 0.1) is 5.92 Å². The van der Waals surface area contributed by atoms with E-state index in [-0.39, 0.29) is 5.92 Å². The van der Waals surface area contributed by atoms with Gasteiger partial charge in [0.1, 0.15) is 6.04 Å². The van der Waals surface area contributed by atoms with Gasteiger partial charge in [0.2, 0.25) is 0 Å². The van der Waals surface area contributed by atoms with Gasteiger partial charge in [-0.25, -0.2) is 0 Å². The van der Waals surface area contributed by atoms with Crippen LogP contribution in [0.5, 0.6) is 0 Å². The van der Waals surface area contributed by atoms with Crippen LogP contribution in [0.4, 0.5) is 0 Å². The van der Waals surface area contributed by atoms with Crippen LogP contribution < -0.4 is 0 Å². The molecule has 3 atom stereocenters. The topological polar surface area (TPSA) is 60.8 Å². The summed E-state index contributed by atoms with van der Waals surface area (Å²) in [5.74, 6) is -1.05. The van der Waals surface area contributed by atoms with Gasteiger partial charge >= 0.3 is 5.97 Å². The summed E-state index contributed by atoms with van der Waals surface area (Å²) in [6.45, 7) is 3.75. The Morgan fingerprint density at radius 2 is 2.00 bits per heavy atom. The van der Waals surface area contributed by atoms with Gasteiger partial charge in [0.25, 0.3) is 0 Å². The molecule has 0 spiro atoms. The van der Waals surface area contributed by atoms with Crippen molar-refractivity contribution >= 4 is 5.97 Å². The first kappa shape index (κ1) is 14.1. The Bertz CT molecular complexity index is 226. The lowest BCUT2D eigenvalue weighted by atomic mass is 9.94. The largest absolute Gasteiger partial charge is 0.480 e. The molecule has 0 aliphatic carbocycles. The number of hydrogen-bond donors (Lipinski definition) is 2. The minimum Gasteiger partial charge on any atom is -0.480 e. The fraction of sp³-hybridized carbons (Fsp3) is 0.727. The van der Waals surface area contributed by atoms with Gasteiger partial charge in [-0.05, 0) is 33.4 Å². The predicted octanol–water partition coefficient (Wildman–Crippen LogP) is 0.964. The molecule has 0 aromatic carbocycles. The molecule has 0 bridgehead atoms. The highest BCUT2D eigenvalue weighted by Crippen LogP contribution is 2.15. The fourth-order valence-corrected chi connectivity index (χ4v) is 1.47. The summed E-state index contributed by atoms with van der Waals surface area (Å²) in [4.78, 5) is 12.5. The molecule has 3 unspecified atom stereocenters. The molecular formula is C11H21NO3. The molecule has 0 amide bonds. The number of likely N-dealkylation sites (N-methyl/N-ethyl adjacent to an activating group) is 1. The smallest absolute Gasteiger partial charge is 0.323 e. The van der Waals surface area contributed by atoms with E-state index in [1.54, 1.807) is 14.1 Å². The average molecular weight is 215 g/mol. The predicted molar refractivity (Wildman–Crippen MR) is 59.7 cm³/mol. The Kier molecular flexibility index (Phi) is 6.20. The van der Waals surface area contributed by atoms with E-state index in [4.69, 9.17) is 5.11 Å². The molecule has 0 rings (SSSR count). The second-order valence-corrected chi connectivity index (χ2v) is 4.02. The number of aliphatic hydroxyl groups is 1. The third-order valence-electron chi connectivity index (χ3n) is 2.46. The Morgan fingerprint density at radius 1 is 1.47 bits per heavy atom. The summed E-state index contributed by atoms with van der Waals surface area (Å²) >= 11 is 0. The number of rotatable bonds is 6. The molecule has 0 fully saturated rings. The van der Waals surface area contributed by atoms with Crippen LogP contribution >= 0.6 is 0 Å².